The van der Waals surface area contributed by atoms with Crippen LogP contribution in [0.5, 0.6) is 0 Å². The van der Waals surface area contributed by atoms with Gasteiger partial charge in [-0.15, -0.1) is 0 Å². The molecule has 0 spiro atoms. The highest BCUT2D eigenvalue weighted by Crippen LogP contribution is 2.22. The molecule has 7 nitrogen and oxygen atoms in total. The lowest BCUT2D eigenvalue weighted by molar-refractivity contribution is 0.0527. The molecular weight excluding hydrogens is 356 g/mol. The Kier molecular flexibility index (Phi) is 6.30. The lowest BCUT2D eigenvalue weighted by Crippen LogP contribution is -2.23. The number of nitrogens with one attached hydrogen (secondary N) is 2. The molecule has 2 heterocycles. The van der Waals surface area contributed by atoms with E-state index in [2.05, 4.69) is 20.6 Å². The van der Waals surface area contributed by atoms with Crippen molar-refractivity contribution in [3.05, 3.63) is 83.9 Å². The molecular formula is C21H20N4O3. The highest BCUT2D eigenvalue weighted by molar-refractivity contribution is 5.97. The molecule has 0 fully saturated rings. The summed E-state index contributed by atoms with van der Waals surface area (Å²) in [4.78, 5) is 32.6. The van der Waals surface area contributed by atoms with Gasteiger partial charge in [0, 0.05) is 25.1 Å². The second kappa shape index (κ2) is 9.27. The van der Waals surface area contributed by atoms with Crippen LogP contribution in [0.4, 0.5) is 11.4 Å². The molecule has 2 N–H and O–H groups in total. The van der Waals surface area contributed by atoms with Crippen molar-refractivity contribution in [1.29, 1.82) is 0 Å². The second-order valence-corrected chi connectivity index (χ2v) is 5.90. The molecule has 1 amide bonds. The highest BCUT2D eigenvalue weighted by Gasteiger charge is 2.13. The summed E-state index contributed by atoms with van der Waals surface area (Å²) in [6.45, 7) is 2.42. The fourth-order valence-corrected chi connectivity index (χ4v) is 2.55. The lowest BCUT2D eigenvalue weighted by atomic mass is 10.1. The van der Waals surface area contributed by atoms with Crippen LogP contribution in [0.25, 0.3) is 0 Å². The molecule has 142 valence electrons. The predicted molar refractivity (Wildman–Crippen MR) is 105 cm³/mol. The van der Waals surface area contributed by atoms with Crippen molar-refractivity contribution in [2.24, 2.45) is 0 Å². The third-order valence-corrected chi connectivity index (χ3v) is 3.88. The number of rotatable bonds is 7. The van der Waals surface area contributed by atoms with E-state index in [4.69, 9.17) is 4.74 Å². The first kappa shape index (κ1) is 19.0. The van der Waals surface area contributed by atoms with Gasteiger partial charge in [0.15, 0.2) is 0 Å². The smallest absolute Gasteiger partial charge is 0.340 e. The number of hydrogen-bond donors (Lipinski definition) is 2. The highest BCUT2D eigenvalue weighted by atomic mass is 16.5. The van der Waals surface area contributed by atoms with E-state index >= 15 is 0 Å². The van der Waals surface area contributed by atoms with Gasteiger partial charge < -0.3 is 15.4 Å². The van der Waals surface area contributed by atoms with Crippen molar-refractivity contribution in [3.63, 3.8) is 0 Å². The monoisotopic (exact) mass is 376 g/mol. The number of pyridine rings is 2. The Balaban J connectivity index is 1.72. The van der Waals surface area contributed by atoms with Gasteiger partial charge in [0.1, 0.15) is 0 Å². The van der Waals surface area contributed by atoms with Crippen LogP contribution in [0.1, 0.15) is 33.2 Å². The Labute approximate surface area is 162 Å². The number of anilines is 2. The number of carbonyl (C=O) groups excluding carboxylic acids is 2. The van der Waals surface area contributed by atoms with Crippen molar-refractivity contribution < 1.29 is 14.3 Å². The van der Waals surface area contributed by atoms with Gasteiger partial charge in [-0.2, -0.15) is 0 Å². The fraction of sp³-hybridized carbons (Fsp3) is 0.143. The summed E-state index contributed by atoms with van der Waals surface area (Å²) in [6.07, 6.45) is 6.45. The van der Waals surface area contributed by atoms with Crippen LogP contribution in [-0.4, -0.2) is 28.5 Å². The number of nitrogens with zero attached hydrogens (tertiary/aromatic N) is 2. The molecule has 0 unspecified atom stereocenters. The molecule has 3 rings (SSSR count). The minimum Gasteiger partial charge on any atom is -0.462 e. The summed E-state index contributed by atoms with van der Waals surface area (Å²) >= 11 is 0. The maximum absolute atomic E-state index is 12.4. The molecule has 0 aliphatic carbocycles. The van der Waals surface area contributed by atoms with E-state index in [9.17, 15) is 9.59 Å². The normalized spacial score (nSPS) is 10.2. The summed E-state index contributed by atoms with van der Waals surface area (Å²) in [5.74, 6) is -0.664. The Morgan fingerprint density at radius 1 is 1.04 bits per heavy atom. The largest absolute Gasteiger partial charge is 0.462 e. The average Bonchev–Trinajstić information content (AvgIpc) is 2.73. The first-order valence-corrected chi connectivity index (χ1v) is 8.82. The van der Waals surface area contributed by atoms with E-state index in [0.29, 0.717) is 35.7 Å². The van der Waals surface area contributed by atoms with E-state index in [0.717, 1.165) is 5.56 Å². The molecule has 3 aromatic rings. The van der Waals surface area contributed by atoms with Crippen molar-refractivity contribution in [3.8, 4) is 0 Å². The first-order chi connectivity index (χ1) is 13.7. The molecule has 0 bridgehead atoms. The Bertz CT molecular complexity index is 961. The third-order valence-electron chi connectivity index (χ3n) is 3.88. The zero-order valence-electron chi connectivity index (χ0n) is 15.4. The molecule has 0 saturated heterocycles. The number of ether oxygens (including phenoxy) is 1. The SMILES string of the molecule is CCOC(=O)c1ccccc1Nc1cncc(C(=O)NCc2cccnc2)c1. The fourth-order valence-electron chi connectivity index (χ4n) is 2.55. The van der Waals surface area contributed by atoms with Crippen LogP contribution in [0, 0.1) is 0 Å². The zero-order chi connectivity index (χ0) is 19.8. The molecule has 0 aliphatic rings. The summed E-state index contributed by atoms with van der Waals surface area (Å²) < 4.78 is 5.08. The van der Waals surface area contributed by atoms with Gasteiger partial charge in [0.25, 0.3) is 5.91 Å². The molecule has 0 atom stereocenters. The summed E-state index contributed by atoms with van der Waals surface area (Å²) in [5.41, 5.74) is 2.89. The van der Waals surface area contributed by atoms with E-state index in [1.54, 1.807) is 49.8 Å². The van der Waals surface area contributed by atoms with Crippen LogP contribution in [0.3, 0.4) is 0 Å². The quantitative estimate of drug-likeness (QED) is 0.615. The Morgan fingerprint density at radius 2 is 1.89 bits per heavy atom. The second-order valence-electron chi connectivity index (χ2n) is 5.90. The van der Waals surface area contributed by atoms with Gasteiger partial charge in [0.2, 0.25) is 0 Å². The van der Waals surface area contributed by atoms with Crippen LogP contribution < -0.4 is 10.6 Å². The zero-order valence-corrected chi connectivity index (χ0v) is 15.4. The Morgan fingerprint density at radius 3 is 2.68 bits per heavy atom. The molecule has 7 heteroatoms. The van der Waals surface area contributed by atoms with Crippen molar-refractivity contribution in [1.82, 2.24) is 15.3 Å². The summed E-state index contributed by atoms with van der Waals surface area (Å²) in [5, 5.41) is 5.96. The predicted octanol–water partition coefficient (Wildman–Crippen LogP) is 3.33. The summed E-state index contributed by atoms with van der Waals surface area (Å²) in [7, 11) is 0. The third kappa shape index (κ3) is 4.91. The molecule has 28 heavy (non-hydrogen) atoms. The van der Waals surface area contributed by atoms with Gasteiger partial charge >= 0.3 is 5.97 Å². The number of benzene rings is 1. The number of amides is 1. The van der Waals surface area contributed by atoms with Crippen LogP contribution in [-0.2, 0) is 11.3 Å². The number of aromatic nitrogens is 2. The maximum Gasteiger partial charge on any atom is 0.340 e. The molecule has 0 saturated carbocycles. The number of carbonyl (C=O) groups is 2. The van der Waals surface area contributed by atoms with Gasteiger partial charge in [0.05, 0.1) is 35.3 Å². The average molecular weight is 376 g/mol. The maximum atomic E-state index is 12.4. The van der Waals surface area contributed by atoms with Gasteiger partial charge in [-0.05, 0) is 36.8 Å². The van der Waals surface area contributed by atoms with E-state index < -0.39 is 5.97 Å². The van der Waals surface area contributed by atoms with E-state index in [1.165, 1.54) is 6.20 Å². The molecule has 0 aliphatic heterocycles. The minimum atomic E-state index is -0.413. The van der Waals surface area contributed by atoms with E-state index in [1.807, 2.05) is 18.2 Å². The van der Waals surface area contributed by atoms with Gasteiger partial charge in [-0.25, -0.2) is 4.79 Å². The first-order valence-electron chi connectivity index (χ1n) is 8.82. The molecule has 2 aromatic heterocycles. The topological polar surface area (TPSA) is 93.2 Å². The van der Waals surface area contributed by atoms with Gasteiger partial charge in [-0.1, -0.05) is 18.2 Å². The standard InChI is InChI=1S/C21H20N4O3/c1-2-28-21(27)18-7-3-4-8-19(18)25-17-10-16(13-23-14-17)20(26)24-12-15-6-5-9-22-11-15/h3-11,13-14,25H,2,12H2,1H3,(H,24,26). The minimum absolute atomic E-state index is 0.251. The van der Waals surface area contributed by atoms with Crippen molar-refractivity contribution >= 4 is 23.3 Å². The van der Waals surface area contributed by atoms with Crippen LogP contribution in [0.15, 0.2) is 67.3 Å². The number of esters is 1. The summed E-state index contributed by atoms with van der Waals surface area (Å²) in [6, 6.07) is 12.4. The van der Waals surface area contributed by atoms with Gasteiger partial charge in [-0.3, -0.25) is 14.8 Å². The van der Waals surface area contributed by atoms with Crippen molar-refractivity contribution in [2.75, 3.05) is 11.9 Å². The van der Waals surface area contributed by atoms with Crippen LogP contribution >= 0.6 is 0 Å². The molecule has 1 aromatic carbocycles. The Hall–Kier alpha value is -3.74. The number of para-hydroxylation sites is 1. The van der Waals surface area contributed by atoms with Crippen LogP contribution in [0.2, 0.25) is 0 Å². The number of hydrogen-bond acceptors (Lipinski definition) is 6. The van der Waals surface area contributed by atoms with E-state index in [-0.39, 0.29) is 5.91 Å². The van der Waals surface area contributed by atoms with Crippen molar-refractivity contribution in [2.45, 2.75) is 13.5 Å². The molecule has 0 radical (unpaired) electrons. The lowest BCUT2D eigenvalue weighted by Gasteiger charge is -2.12.